The maximum absolute atomic E-state index is 13.6. The Labute approximate surface area is 235 Å². The molecular weight excluding hydrogens is 508 g/mol. The van der Waals surface area contributed by atoms with Crippen LogP contribution in [0.25, 0.3) is 43.8 Å². The first-order valence-electron chi connectivity index (χ1n) is 14.0. The summed E-state index contributed by atoms with van der Waals surface area (Å²) in [7, 11) is -3.65. The molecule has 0 fully saturated rings. The van der Waals surface area contributed by atoms with Crippen LogP contribution >= 0.6 is 0 Å². The molecule has 0 heterocycles. The van der Waals surface area contributed by atoms with Crippen LogP contribution in [0, 0.1) is 0 Å². The third-order valence-electron chi connectivity index (χ3n) is 8.97. The fourth-order valence-corrected chi connectivity index (χ4v) is 8.38. The summed E-state index contributed by atoms with van der Waals surface area (Å²) in [4.78, 5) is 0.615. The molecule has 0 unspecified atom stereocenters. The molecule has 6 aromatic carbocycles. The SMILES string of the molecule is CCC1(CC)c2ccccc2-c2c3ccccc3c(-c3cccc(S(=O)(=O)c4ccccc4)c3)c3cccc1c23. The fraction of sp³-hybridized carbons (Fsp3) is 0.135. The highest BCUT2D eigenvalue weighted by Crippen LogP contribution is 2.55. The molecule has 1 aliphatic rings. The molecule has 7 rings (SSSR count). The van der Waals surface area contributed by atoms with Crippen molar-refractivity contribution in [3.05, 3.63) is 132 Å². The molecule has 0 saturated heterocycles. The zero-order chi connectivity index (χ0) is 27.5. The van der Waals surface area contributed by atoms with Gasteiger partial charge in [0.25, 0.3) is 0 Å². The van der Waals surface area contributed by atoms with E-state index in [-0.39, 0.29) is 5.41 Å². The number of sulfone groups is 1. The van der Waals surface area contributed by atoms with E-state index in [9.17, 15) is 8.42 Å². The van der Waals surface area contributed by atoms with Crippen LogP contribution in [0.3, 0.4) is 0 Å². The topological polar surface area (TPSA) is 34.1 Å². The molecule has 196 valence electrons. The van der Waals surface area contributed by atoms with Crippen molar-refractivity contribution in [1.29, 1.82) is 0 Å². The minimum Gasteiger partial charge on any atom is -0.219 e. The molecule has 0 saturated carbocycles. The first kappa shape index (κ1) is 24.8. The fourth-order valence-electron chi connectivity index (χ4n) is 7.05. The van der Waals surface area contributed by atoms with Gasteiger partial charge < -0.3 is 0 Å². The number of hydrogen-bond acceptors (Lipinski definition) is 2. The highest BCUT2D eigenvalue weighted by molar-refractivity contribution is 7.91. The summed E-state index contributed by atoms with van der Waals surface area (Å²) in [5.74, 6) is 0. The van der Waals surface area contributed by atoms with E-state index < -0.39 is 9.84 Å². The Kier molecular flexibility index (Phi) is 5.69. The zero-order valence-electron chi connectivity index (χ0n) is 22.7. The molecule has 0 amide bonds. The van der Waals surface area contributed by atoms with Gasteiger partial charge in [-0.05, 0) is 92.0 Å². The summed E-state index contributed by atoms with van der Waals surface area (Å²) in [6.07, 6.45) is 2.01. The van der Waals surface area contributed by atoms with E-state index in [2.05, 4.69) is 80.6 Å². The average molecular weight is 539 g/mol. The Morgan fingerprint density at radius 2 is 1.12 bits per heavy atom. The van der Waals surface area contributed by atoms with E-state index >= 15 is 0 Å². The summed E-state index contributed by atoms with van der Waals surface area (Å²) in [5.41, 5.74) is 7.26. The number of benzene rings is 6. The van der Waals surface area contributed by atoms with Crippen LogP contribution in [0.4, 0.5) is 0 Å². The highest BCUT2D eigenvalue weighted by atomic mass is 32.2. The van der Waals surface area contributed by atoms with Gasteiger partial charge in [-0.2, -0.15) is 0 Å². The minimum absolute atomic E-state index is 0.0820. The molecule has 0 radical (unpaired) electrons. The van der Waals surface area contributed by atoms with Crippen molar-refractivity contribution < 1.29 is 8.42 Å². The molecule has 0 spiro atoms. The minimum atomic E-state index is -3.65. The Hall–Kier alpha value is -4.21. The van der Waals surface area contributed by atoms with Crippen molar-refractivity contribution in [2.75, 3.05) is 0 Å². The average Bonchev–Trinajstić information content (AvgIpc) is 3.01. The first-order valence-corrected chi connectivity index (χ1v) is 15.5. The molecular formula is C37H30O2S. The van der Waals surface area contributed by atoms with Gasteiger partial charge in [0.15, 0.2) is 0 Å². The Balaban J connectivity index is 1.61. The van der Waals surface area contributed by atoms with Crippen LogP contribution in [0.15, 0.2) is 131 Å². The lowest BCUT2D eigenvalue weighted by molar-refractivity contribution is 0.481. The molecule has 0 bridgehead atoms. The van der Waals surface area contributed by atoms with Gasteiger partial charge in [0.1, 0.15) is 0 Å². The molecule has 0 atom stereocenters. The van der Waals surface area contributed by atoms with E-state index in [4.69, 9.17) is 0 Å². The monoisotopic (exact) mass is 538 g/mol. The molecule has 3 heteroatoms. The van der Waals surface area contributed by atoms with Crippen molar-refractivity contribution >= 4 is 31.4 Å². The first-order chi connectivity index (χ1) is 19.5. The second-order valence-corrected chi connectivity index (χ2v) is 12.7. The number of fused-ring (bicyclic) bond motifs is 4. The summed E-state index contributed by atoms with van der Waals surface area (Å²) in [5, 5.41) is 4.78. The van der Waals surface area contributed by atoms with Crippen molar-refractivity contribution in [2.24, 2.45) is 0 Å². The number of hydrogen-bond donors (Lipinski definition) is 0. The van der Waals surface area contributed by atoms with Gasteiger partial charge in [-0.15, -0.1) is 0 Å². The molecule has 40 heavy (non-hydrogen) atoms. The standard InChI is InChI=1S/C37H30O2S/c1-3-37(4-2)32-22-11-10-20-30(32)35-29-19-9-8-18-28(29)34(31-21-13-23-33(37)36(31)35)25-14-12-17-27(24-25)40(38,39)26-15-6-5-7-16-26/h5-24H,3-4H2,1-2H3. The van der Waals surface area contributed by atoms with Crippen molar-refractivity contribution in [1.82, 2.24) is 0 Å². The second-order valence-electron chi connectivity index (χ2n) is 10.7. The smallest absolute Gasteiger partial charge is 0.206 e. The molecule has 0 N–H and O–H groups in total. The van der Waals surface area contributed by atoms with E-state index in [1.807, 2.05) is 24.3 Å². The largest absolute Gasteiger partial charge is 0.219 e. The van der Waals surface area contributed by atoms with Gasteiger partial charge in [0.05, 0.1) is 9.79 Å². The Morgan fingerprint density at radius 3 is 1.88 bits per heavy atom. The quantitative estimate of drug-likeness (QED) is 0.205. The van der Waals surface area contributed by atoms with Crippen molar-refractivity contribution in [3.8, 4) is 22.3 Å². The second kappa shape index (κ2) is 9.18. The van der Waals surface area contributed by atoms with Crippen LogP contribution in [-0.2, 0) is 15.3 Å². The Bertz CT molecular complexity index is 2030. The molecule has 1 aliphatic carbocycles. The predicted octanol–water partition coefficient (Wildman–Crippen LogP) is 9.58. The third kappa shape index (κ3) is 3.37. The van der Waals surface area contributed by atoms with E-state index in [1.165, 1.54) is 38.4 Å². The maximum Gasteiger partial charge on any atom is 0.206 e. The number of rotatable bonds is 5. The van der Waals surface area contributed by atoms with E-state index in [0.717, 1.165) is 29.4 Å². The zero-order valence-corrected chi connectivity index (χ0v) is 23.5. The van der Waals surface area contributed by atoms with Gasteiger partial charge in [-0.1, -0.05) is 111 Å². The summed E-state index contributed by atoms with van der Waals surface area (Å²) < 4.78 is 27.2. The van der Waals surface area contributed by atoms with Gasteiger partial charge >= 0.3 is 0 Å². The van der Waals surface area contributed by atoms with Gasteiger partial charge in [0.2, 0.25) is 9.84 Å². The summed E-state index contributed by atoms with van der Waals surface area (Å²) >= 11 is 0. The molecule has 2 nitrogen and oxygen atoms in total. The van der Waals surface area contributed by atoms with Crippen LogP contribution in [0.2, 0.25) is 0 Å². The van der Waals surface area contributed by atoms with Crippen LogP contribution in [-0.4, -0.2) is 8.42 Å². The summed E-state index contributed by atoms with van der Waals surface area (Å²) in [6, 6.07) is 40.3. The lowest BCUT2D eigenvalue weighted by Crippen LogP contribution is -2.29. The molecule has 0 aliphatic heterocycles. The van der Waals surface area contributed by atoms with Gasteiger partial charge in [0, 0.05) is 5.41 Å². The van der Waals surface area contributed by atoms with Crippen molar-refractivity contribution in [3.63, 3.8) is 0 Å². The molecule has 6 aromatic rings. The van der Waals surface area contributed by atoms with Gasteiger partial charge in [-0.3, -0.25) is 0 Å². The Morgan fingerprint density at radius 1 is 0.550 bits per heavy atom. The maximum atomic E-state index is 13.6. The van der Waals surface area contributed by atoms with Crippen LogP contribution in [0.5, 0.6) is 0 Å². The van der Waals surface area contributed by atoms with E-state index in [0.29, 0.717) is 9.79 Å². The summed E-state index contributed by atoms with van der Waals surface area (Å²) in [6.45, 7) is 4.59. The lowest BCUT2D eigenvalue weighted by atomic mass is 9.62. The van der Waals surface area contributed by atoms with Crippen molar-refractivity contribution in [2.45, 2.75) is 41.9 Å². The predicted molar refractivity (Wildman–Crippen MR) is 166 cm³/mol. The van der Waals surface area contributed by atoms with Crippen LogP contribution in [0.1, 0.15) is 37.8 Å². The van der Waals surface area contributed by atoms with E-state index in [1.54, 1.807) is 30.3 Å². The highest BCUT2D eigenvalue weighted by Gasteiger charge is 2.39. The third-order valence-corrected chi connectivity index (χ3v) is 10.7. The van der Waals surface area contributed by atoms with Gasteiger partial charge in [-0.25, -0.2) is 8.42 Å². The lowest BCUT2D eigenvalue weighted by Gasteiger charge is -2.40. The molecule has 0 aromatic heterocycles. The van der Waals surface area contributed by atoms with Crippen LogP contribution < -0.4 is 0 Å². The normalized spacial score (nSPS) is 13.8.